The molecule has 5 nitrogen and oxygen atoms in total. The first-order chi connectivity index (χ1) is 11.5. The van der Waals surface area contributed by atoms with Gasteiger partial charge in [0.1, 0.15) is 17.3 Å². The number of halogens is 2. The van der Waals surface area contributed by atoms with Crippen molar-refractivity contribution in [2.24, 2.45) is 0 Å². The molecule has 0 radical (unpaired) electrons. The van der Waals surface area contributed by atoms with Gasteiger partial charge in [0.25, 0.3) is 5.91 Å². The summed E-state index contributed by atoms with van der Waals surface area (Å²) < 4.78 is 0. The summed E-state index contributed by atoms with van der Waals surface area (Å²) in [5.74, 6) is 0.806. The minimum absolute atomic E-state index is 0.275. The van der Waals surface area contributed by atoms with Crippen molar-refractivity contribution in [3.05, 3.63) is 45.8 Å². The van der Waals surface area contributed by atoms with Crippen LogP contribution in [0.4, 0.5) is 11.5 Å². The van der Waals surface area contributed by atoms with Crippen molar-refractivity contribution in [2.45, 2.75) is 33.1 Å². The van der Waals surface area contributed by atoms with Gasteiger partial charge in [-0.1, -0.05) is 43.0 Å². The van der Waals surface area contributed by atoms with E-state index in [0.29, 0.717) is 27.4 Å². The Labute approximate surface area is 151 Å². The zero-order chi connectivity index (χ0) is 17.5. The SMILES string of the molecule is CCCCCNc1cc(C(=O)Nc2cc(Cl)ccc2Cl)nc(C)n1. The van der Waals surface area contributed by atoms with Gasteiger partial charge < -0.3 is 10.6 Å². The van der Waals surface area contributed by atoms with E-state index in [9.17, 15) is 4.79 Å². The Morgan fingerprint density at radius 2 is 1.96 bits per heavy atom. The molecule has 2 N–H and O–H groups in total. The van der Waals surface area contributed by atoms with E-state index in [2.05, 4.69) is 27.5 Å². The lowest BCUT2D eigenvalue weighted by atomic mass is 10.2. The van der Waals surface area contributed by atoms with E-state index in [1.165, 1.54) is 0 Å². The minimum atomic E-state index is -0.360. The van der Waals surface area contributed by atoms with E-state index in [1.54, 1.807) is 31.2 Å². The zero-order valence-electron chi connectivity index (χ0n) is 13.7. The number of nitrogens with zero attached hydrogens (tertiary/aromatic N) is 2. The van der Waals surface area contributed by atoms with Crippen LogP contribution in [0.15, 0.2) is 24.3 Å². The summed E-state index contributed by atoms with van der Waals surface area (Å²) in [6.45, 7) is 4.71. The van der Waals surface area contributed by atoms with Crippen molar-refractivity contribution in [3.63, 3.8) is 0 Å². The lowest BCUT2D eigenvalue weighted by molar-refractivity contribution is 0.102. The van der Waals surface area contributed by atoms with Gasteiger partial charge in [0, 0.05) is 17.6 Å². The largest absolute Gasteiger partial charge is 0.370 e. The van der Waals surface area contributed by atoms with Crippen LogP contribution >= 0.6 is 23.2 Å². The van der Waals surface area contributed by atoms with Gasteiger partial charge in [0.05, 0.1) is 10.7 Å². The van der Waals surface area contributed by atoms with Crippen molar-refractivity contribution >= 4 is 40.6 Å². The predicted octanol–water partition coefficient (Wildman–Crippen LogP) is 4.95. The van der Waals surface area contributed by atoms with Gasteiger partial charge in [0.2, 0.25) is 0 Å². The van der Waals surface area contributed by atoms with Crippen molar-refractivity contribution in [1.82, 2.24) is 9.97 Å². The van der Waals surface area contributed by atoms with Gasteiger partial charge in [-0.05, 0) is 31.5 Å². The molecule has 2 rings (SSSR count). The number of benzene rings is 1. The fourth-order valence-corrected chi connectivity index (χ4v) is 2.48. The molecule has 0 aliphatic rings. The third-order valence-corrected chi connectivity index (χ3v) is 3.90. The number of nitrogens with one attached hydrogen (secondary N) is 2. The fourth-order valence-electron chi connectivity index (χ4n) is 2.15. The van der Waals surface area contributed by atoms with Crippen LogP contribution < -0.4 is 10.6 Å². The summed E-state index contributed by atoms with van der Waals surface area (Å²) >= 11 is 12.0. The van der Waals surface area contributed by atoms with Gasteiger partial charge >= 0.3 is 0 Å². The van der Waals surface area contributed by atoms with Crippen molar-refractivity contribution in [2.75, 3.05) is 17.2 Å². The standard InChI is InChI=1S/C17H20Cl2N4O/c1-3-4-5-8-20-16-10-15(21-11(2)22-16)17(24)23-14-9-12(18)6-7-13(14)19/h6-7,9-10H,3-5,8H2,1-2H3,(H,23,24)(H,20,21,22). The number of rotatable bonds is 7. The second-order valence-electron chi connectivity index (χ2n) is 5.40. The second-order valence-corrected chi connectivity index (χ2v) is 6.24. The van der Waals surface area contributed by atoms with Crippen molar-refractivity contribution in [1.29, 1.82) is 0 Å². The molecule has 1 amide bonds. The highest BCUT2D eigenvalue weighted by atomic mass is 35.5. The van der Waals surface area contributed by atoms with Crippen LogP contribution in [0, 0.1) is 6.92 Å². The molecule has 0 spiro atoms. The minimum Gasteiger partial charge on any atom is -0.370 e. The third-order valence-electron chi connectivity index (χ3n) is 3.33. The molecule has 1 heterocycles. The van der Waals surface area contributed by atoms with Gasteiger partial charge in [-0.15, -0.1) is 0 Å². The molecule has 0 fully saturated rings. The van der Waals surface area contributed by atoms with E-state index in [0.717, 1.165) is 25.8 Å². The molecule has 0 unspecified atom stereocenters. The Morgan fingerprint density at radius 1 is 1.17 bits per heavy atom. The van der Waals surface area contributed by atoms with Gasteiger partial charge in [0.15, 0.2) is 0 Å². The Morgan fingerprint density at radius 3 is 2.71 bits per heavy atom. The normalized spacial score (nSPS) is 10.5. The van der Waals surface area contributed by atoms with Crippen LogP contribution in [-0.4, -0.2) is 22.4 Å². The molecule has 7 heteroatoms. The van der Waals surface area contributed by atoms with Crippen LogP contribution in [0.3, 0.4) is 0 Å². The average molecular weight is 367 g/mol. The Hall–Kier alpha value is -1.85. The van der Waals surface area contributed by atoms with Gasteiger partial charge in [-0.25, -0.2) is 9.97 Å². The predicted molar refractivity (Wildman–Crippen MR) is 99.2 cm³/mol. The number of carbonyl (C=O) groups excluding carboxylic acids is 1. The summed E-state index contributed by atoms with van der Waals surface area (Å²) in [5.41, 5.74) is 0.722. The maximum Gasteiger partial charge on any atom is 0.274 e. The molecule has 128 valence electrons. The number of anilines is 2. The molecular weight excluding hydrogens is 347 g/mol. The maximum absolute atomic E-state index is 12.4. The number of hydrogen-bond acceptors (Lipinski definition) is 4. The topological polar surface area (TPSA) is 66.9 Å². The molecule has 2 aromatic rings. The number of carbonyl (C=O) groups is 1. The van der Waals surface area contributed by atoms with E-state index in [1.807, 2.05) is 0 Å². The molecule has 0 aliphatic carbocycles. The molecule has 0 aliphatic heterocycles. The van der Waals surface area contributed by atoms with Crippen LogP contribution in [-0.2, 0) is 0 Å². The lowest BCUT2D eigenvalue weighted by Crippen LogP contribution is -2.16. The second kappa shape index (κ2) is 8.85. The smallest absolute Gasteiger partial charge is 0.274 e. The molecular formula is C17H20Cl2N4O. The Balaban J connectivity index is 2.11. The fraction of sp³-hybridized carbons (Fsp3) is 0.353. The highest BCUT2D eigenvalue weighted by molar-refractivity contribution is 6.35. The first kappa shape index (κ1) is 18.5. The Kier molecular flexibility index (Phi) is 6.82. The quantitative estimate of drug-likeness (QED) is 0.680. The highest BCUT2D eigenvalue weighted by Gasteiger charge is 2.13. The first-order valence-electron chi connectivity index (χ1n) is 7.85. The molecule has 0 bridgehead atoms. The van der Waals surface area contributed by atoms with Crippen molar-refractivity contribution in [3.8, 4) is 0 Å². The summed E-state index contributed by atoms with van der Waals surface area (Å²) in [6.07, 6.45) is 3.36. The van der Waals surface area contributed by atoms with Crippen LogP contribution in [0.5, 0.6) is 0 Å². The van der Waals surface area contributed by atoms with Crippen LogP contribution in [0.2, 0.25) is 10.0 Å². The van der Waals surface area contributed by atoms with E-state index in [4.69, 9.17) is 23.2 Å². The first-order valence-corrected chi connectivity index (χ1v) is 8.61. The number of hydrogen-bond donors (Lipinski definition) is 2. The summed E-state index contributed by atoms with van der Waals surface area (Å²) in [7, 11) is 0. The lowest BCUT2D eigenvalue weighted by Gasteiger charge is -2.10. The summed E-state index contributed by atoms with van der Waals surface area (Å²) in [6, 6.07) is 6.52. The number of aryl methyl sites for hydroxylation is 1. The van der Waals surface area contributed by atoms with Crippen LogP contribution in [0.1, 0.15) is 42.5 Å². The van der Waals surface area contributed by atoms with E-state index in [-0.39, 0.29) is 11.6 Å². The molecule has 24 heavy (non-hydrogen) atoms. The molecule has 0 atom stereocenters. The van der Waals surface area contributed by atoms with E-state index < -0.39 is 0 Å². The van der Waals surface area contributed by atoms with E-state index >= 15 is 0 Å². The summed E-state index contributed by atoms with van der Waals surface area (Å²) in [4.78, 5) is 20.9. The molecule has 1 aromatic carbocycles. The highest BCUT2D eigenvalue weighted by Crippen LogP contribution is 2.25. The number of amides is 1. The maximum atomic E-state index is 12.4. The molecule has 0 saturated heterocycles. The van der Waals surface area contributed by atoms with Crippen molar-refractivity contribution < 1.29 is 4.79 Å². The average Bonchev–Trinajstić information content (AvgIpc) is 2.54. The van der Waals surface area contributed by atoms with Gasteiger partial charge in [-0.2, -0.15) is 0 Å². The van der Waals surface area contributed by atoms with Gasteiger partial charge in [-0.3, -0.25) is 4.79 Å². The zero-order valence-corrected chi connectivity index (χ0v) is 15.2. The third kappa shape index (κ3) is 5.35. The number of aromatic nitrogens is 2. The van der Waals surface area contributed by atoms with Crippen LogP contribution in [0.25, 0.3) is 0 Å². The molecule has 0 saturated carbocycles. The summed E-state index contributed by atoms with van der Waals surface area (Å²) in [5, 5.41) is 6.85. The molecule has 1 aromatic heterocycles. The Bertz CT molecular complexity index is 722. The number of unbranched alkanes of at least 4 members (excludes halogenated alkanes) is 2. The monoisotopic (exact) mass is 366 g/mol.